The van der Waals surface area contributed by atoms with Crippen LogP contribution in [0.5, 0.6) is 5.88 Å². The Hall–Kier alpha value is -2.70. The predicted molar refractivity (Wildman–Crippen MR) is 147 cm³/mol. The lowest BCUT2D eigenvalue weighted by molar-refractivity contribution is -0.0303. The van der Waals surface area contributed by atoms with E-state index in [2.05, 4.69) is 41.9 Å². The molecule has 1 aromatic heterocycles. The smallest absolute Gasteiger partial charge is 0.438 e. The molecule has 2 amide bonds. The van der Waals surface area contributed by atoms with Crippen molar-refractivity contribution in [3.8, 4) is 17.0 Å². The largest absolute Gasteiger partial charge is 0.473 e. The number of carbonyl (C=O) groups excluding carboxylic acids is 1. The second kappa shape index (κ2) is 13.6. The molecule has 1 N–H and O–H groups in total. The molecule has 3 saturated heterocycles. The van der Waals surface area contributed by atoms with Gasteiger partial charge in [0.15, 0.2) is 0 Å². The SMILES string of the molecule is Cc1ccc(NC(=O)N2CCCC2)cc1-c1cnc(OC2CCOCC2)c(N2CCOCC2)c1.FC(F)(F)S. The number of ether oxygens (including phenoxy) is 3. The summed E-state index contributed by atoms with van der Waals surface area (Å²) in [7, 11) is 0. The lowest BCUT2D eigenvalue weighted by Crippen LogP contribution is -2.37. The van der Waals surface area contributed by atoms with Crippen molar-refractivity contribution in [2.24, 2.45) is 0 Å². The van der Waals surface area contributed by atoms with Crippen LogP contribution in [-0.2, 0) is 9.47 Å². The Morgan fingerprint density at radius 1 is 1.05 bits per heavy atom. The minimum Gasteiger partial charge on any atom is -0.473 e. The number of thiol groups is 1. The minimum absolute atomic E-state index is 0.0281. The van der Waals surface area contributed by atoms with Gasteiger partial charge in [-0.3, -0.25) is 0 Å². The molecular formula is C27H35F3N4O4S. The first-order valence-corrected chi connectivity index (χ1v) is 13.7. The third-order valence-corrected chi connectivity index (χ3v) is 6.82. The quantitative estimate of drug-likeness (QED) is 0.463. The van der Waals surface area contributed by atoms with Crippen LogP contribution in [0.15, 0.2) is 30.5 Å². The number of amides is 2. The molecule has 0 saturated carbocycles. The average Bonchev–Trinajstić information content (AvgIpc) is 3.46. The summed E-state index contributed by atoms with van der Waals surface area (Å²) >= 11 is 2.12. The van der Waals surface area contributed by atoms with E-state index < -0.39 is 5.51 Å². The molecule has 214 valence electrons. The number of morpholine rings is 1. The summed E-state index contributed by atoms with van der Waals surface area (Å²) in [5.41, 5.74) is 0.688. The number of pyridine rings is 1. The van der Waals surface area contributed by atoms with E-state index in [4.69, 9.17) is 19.2 Å². The average molecular weight is 569 g/mol. The fourth-order valence-corrected chi connectivity index (χ4v) is 4.79. The number of nitrogens with zero attached hydrogens (tertiary/aromatic N) is 3. The molecule has 3 fully saturated rings. The van der Waals surface area contributed by atoms with Crippen molar-refractivity contribution in [2.45, 2.75) is 44.2 Å². The molecule has 4 heterocycles. The maximum absolute atomic E-state index is 12.6. The number of benzene rings is 1. The maximum Gasteiger partial charge on any atom is 0.438 e. The molecule has 2 aromatic rings. The van der Waals surface area contributed by atoms with Crippen LogP contribution in [0.25, 0.3) is 11.1 Å². The van der Waals surface area contributed by atoms with Gasteiger partial charge in [-0.05, 0) is 49.1 Å². The van der Waals surface area contributed by atoms with Gasteiger partial charge in [-0.1, -0.05) is 18.7 Å². The zero-order valence-corrected chi connectivity index (χ0v) is 22.9. The topological polar surface area (TPSA) is 76.2 Å². The van der Waals surface area contributed by atoms with Gasteiger partial charge in [-0.2, -0.15) is 13.2 Å². The number of hydrogen-bond donors (Lipinski definition) is 2. The molecule has 1 aromatic carbocycles. The van der Waals surface area contributed by atoms with Crippen molar-refractivity contribution >= 4 is 30.0 Å². The van der Waals surface area contributed by atoms with Crippen molar-refractivity contribution in [1.82, 2.24) is 9.88 Å². The van der Waals surface area contributed by atoms with E-state index in [-0.39, 0.29) is 12.1 Å². The third-order valence-electron chi connectivity index (χ3n) is 6.82. The number of carbonyl (C=O) groups is 1. The number of urea groups is 1. The number of nitrogens with one attached hydrogen (secondary N) is 1. The second-order valence-corrected chi connectivity index (χ2v) is 10.2. The van der Waals surface area contributed by atoms with Crippen molar-refractivity contribution in [2.75, 3.05) is 62.8 Å². The highest BCUT2D eigenvalue weighted by molar-refractivity contribution is 7.81. The highest BCUT2D eigenvalue weighted by Crippen LogP contribution is 2.35. The molecule has 0 atom stereocenters. The summed E-state index contributed by atoms with van der Waals surface area (Å²) in [4.78, 5) is 21.5. The summed E-state index contributed by atoms with van der Waals surface area (Å²) in [6.07, 6.45) is 5.91. The maximum atomic E-state index is 12.6. The van der Waals surface area contributed by atoms with Crippen LogP contribution in [0, 0.1) is 6.92 Å². The Bertz CT molecular complexity index is 1100. The fraction of sp³-hybridized carbons (Fsp3) is 0.556. The van der Waals surface area contributed by atoms with Gasteiger partial charge in [-0.15, -0.1) is 0 Å². The molecule has 8 nitrogen and oxygen atoms in total. The van der Waals surface area contributed by atoms with Gasteiger partial charge in [0.25, 0.3) is 0 Å². The van der Waals surface area contributed by atoms with Crippen LogP contribution >= 0.6 is 12.6 Å². The van der Waals surface area contributed by atoms with Gasteiger partial charge >= 0.3 is 11.5 Å². The highest BCUT2D eigenvalue weighted by atomic mass is 32.1. The molecule has 0 radical (unpaired) electrons. The normalized spacial score (nSPS) is 18.4. The van der Waals surface area contributed by atoms with Crippen LogP contribution in [0.4, 0.5) is 29.3 Å². The highest BCUT2D eigenvalue weighted by Gasteiger charge is 2.23. The molecule has 0 unspecified atom stereocenters. The second-order valence-electron chi connectivity index (χ2n) is 9.70. The van der Waals surface area contributed by atoms with Crippen LogP contribution in [-0.4, -0.2) is 80.1 Å². The number of aromatic nitrogens is 1. The minimum atomic E-state index is -4.31. The van der Waals surface area contributed by atoms with Gasteiger partial charge < -0.3 is 29.3 Å². The first-order valence-electron chi connectivity index (χ1n) is 13.2. The number of halogens is 3. The Morgan fingerprint density at radius 3 is 2.36 bits per heavy atom. The summed E-state index contributed by atoms with van der Waals surface area (Å²) in [5, 5.41) is 3.07. The summed E-state index contributed by atoms with van der Waals surface area (Å²) in [6.45, 7) is 8.19. The Kier molecular flexibility index (Phi) is 10.2. The summed E-state index contributed by atoms with van der Waals surface area (Å²) < 4.78 is 48.1. The number of aryl methyl sites for hydroxylation is 1. The van der Waals surface area contributed by atoms with Gasteiger partial charge in [0.05, 0.1) is 26.4 Å². The first kappa shape index (κ1) is 29.3. The van der Waals surface area contributed by atoms with E-state index >= 15 is 0 Å². The molecule has 3 aliphatic heterocycles. The molecule has 12 heteroatoms. The number of alkyl halides is 3. The molecule has 39 heavy (non-hydrogen) atoms. The van der Waals surface area contributed by atoms with E-state index in [1.165, 1.54) is 0 Å². The number of anilines is 2. The van der Waals surface area contributed by atoms with Gasteiger partial charge in [-0.25, -0.2) is 9.78 Å². The zero-order valence-electron chi connectivity index (χ0n) is 22.0. The first-order chi connectivity index (χ1) is 18.7. The van der Waals surface area contributed by atoms with E-state index in [1.54, 1.807) is 0 Å². The van der Waals surface area contributed by atoms with Crippen LogP contribution in [0.2, 0.25) is 0 Å². The molecular weight excluding hydrogens is 533 g/mol. The number of hydrogen-bond acceptors (Lipinski definition) is 7. The van der Waals surface area contributed by atoms with E-state index in [1.807, 2.05) is 23.2 Å². The Labute approximate surface area is 232 Å². The molecule has 3 aliphatic rings. The predicted octanol–water partition coefficient (Wildman–Crippen LogP) is 5.52. The van der Waals surface area contributed by atoms with E-state index in [9.17, 15) is 18.0 Å². The van der Waals surface area contributed by atoms with Crippen molar-refractivity contribution < 1.29 is 32.2 Å². The van der Waals surface area contributed by atoms with Crippen molar-refractivity contribution in [3.05, 3.63) is 36.0 Å². The van der Waals surface area contributed by atoms with Gasteiger partial charge in [0.1, 0.15) is 11.8 Å². The summed E-state index contributed by atoms with van der Waals surface area (Å²) in [6, 6.07) is 8.20. The third kappa shape index (κ3) is 8.91. The lowest BCUT2D eigenvalue weighted by Gasteiger charge is -2.31. The molecule has 0 bridgehead atoms. The molecule has 0 aliphatic carbocycles. The standard InChI is InChI=1S/C26H34N4O4.CHF3S/c1-19-4-5-21(28-26(31)30-8-2-3-9-30)17-23(19)20-16-24(29-10-14-33-15-11-29)25(27-18-20)34-22-6-12-32-13-7-22;2-1(3,4)5/h4-5,16-18,22H,2-3,6-15H2,1H3,(H,28,31);5H. The van der Waals surface area contributed by atoms with E-state index in [0.29, 0.717) is 19.1 Å². The van der Waals surface area contributed by atoms with Gasteiger partial charge in [0, 0.05) is 56.5 Å². The monoisotopic (exact) mass is 568 g/mol. The lowest BCUT2D eigenvalue weighted by atomic mass is 10.0. The number of rotatable bonds is 5. The Balaban J connectivity index is 0.000000648. The van der Waals surface area contributed by atoms with Crippen LogP contribution in [0.3, 0.4) is 0 Å². The van der Waals surface area contributed by atoms with Gasteiger partial charge in [0.2, 0.25) is 5.88 Å². The van der Waals surface area contributed by atoms with Crippen molar-refractivity contribution in [1.29, 1.82) is 0 Å². The van der Waals surface area contributed by atoms with E-state index in [0.717, 1.165) is 93.1 Å². The number of likely N-dealkylation sites (tertiary alicyclic amines) is 1. The Morgan fingerprint density at radius 2 is 1.69 bits per heavy atom. The zero-order chi connectivity index (χ0) is 27.8. The fourth-order valence-electron chi connectivity index (χ4n) is 4.79. The van der Waals surface area contributed by atoms with Crippen molar-refractivity contribution in [3.63, 3.8) is 0 Å². The van der Waals surface area contributed by atoms with Crippen LogP contribution in [0.1, 0.15) is 31.2 Å². The van der Waals surface area contributed by atoms with Crippen LogP contribution < -0.4 is 15.0 Å². The summed E-state index contributed by atoms with van der Waals surface area (Å²) in [5.74, 6) is 0.675. The molecule has 0 spiro atoms. The molecule has 5 rings (SSSR count).